The lowest BCUT2D eigenvalue weighted by molar-refractivity contribution is -0.141. The molecule has 8 nitrogen and oxygen atoms in total. The van der Waals surface area contributed by atoms with Gasteiger partial charge in [-0.15, -0.1) is 0 Å². The van der Waals surface area contributed by atoms with E-state index in [0.717, 1.165) is 59.5 Å². The highest BCUT2D eigenvalue weighted by Crippen LogP contribution is 2.54. The molecule has 1 heterocycles. The molecule has 4 aliphatic rings. The van der Waals surface area contributed by atoms with E-state index >= 15 is 0 Å². The summed E-state index contributed by atoms with van der Waals surface area (Å²) in [5.74, 6) is 1.22. The third-order valence-electron chi connectivity index (χ3n) is 10.0. The molecular formula is C35H43N3O5. The Morgan fingerprint density at radius 2 is 1.63 bits per heavy atom. The minimum absolute atomic E-state index is 0.0449. The van der Waals surface area contributed by atoms with Crippen LogP contribution < -0.4 is 5.32 Å². The Morgan fingerprint density at radius 3 is 2.33 bits per heavy atom. The van der Waals surface area contributed by atoms with Gasteiger partial charge in [0.25, 0.3) is 0 Å². The van der Waals surface area contributed by atoms with Gasteiger partial charge in [-0.05, 0) is 92.7 Å². The maximum Gasteiger partial charge on any atom is 0.407 e. The summed E-state index contributed by atoms with van der Waals surface area (Å²) in [4.78, 5) is 43.5. The molecule has 7 rings (SSSR count). The first-order valence-electron chi connectivity index (χ1n) is 15.8. The maximum atomic E-state index is 13.7. The SMILES string of the molecule is CC(Cc1c[nH]c2ccccc12)(CN(CCc1ccccc1)C(=O)CCC(=O)O)NC(=O)OC1C2CC3CC(C2)CC1C3. The molecule has 0 aliphatic heterocycles. The second-order valence-electron chi connectivity index (χ2n) is 13.5. The number of para-hydroxylation sites is 1. The molecule has 8 heteroatoms. The summed E-state index contributed by atoms with van der Waals surface area (Å²) in [6.07, 6.45) is 8.23. The van der Waals surface area contributed by atoms with Crippen molar-refractivity contribution in [1.29, 1.82) is 0 Å². The molecule has 228 valence electrons. The number of nitrogens with zero attached hydrogens (tertiary/aromatic N) is 1. The van der Waals surface area contributed by atoms with E-state index in [1.54, 1.807) is 4.90 Å². The number of benzene rings is 2. The van der Waals surface area contributed by atoms with E-state index in [1.807, 2.05) is 61.7 Å². The van der Waals surface area contributed by atoms with Crippen molar-refractivity contribution in [3.8, 4) is 0 Å². The van der Waals surface area contributed by atoms with Crippen LogP contribution in [0.5, 0.6) is 0 Å². The summed E-state index contributed by atoms with van der Waals surface area (Å²) in [5, 5.41) is 13.6. The summed E-state index contributed by atoms with van der Waals surface area (Å²) in [6.45, 7) is 2.61. The number of H-pyrrole nitrogens is 1. The molecule has 4 aliphatic carbocycles. The third kappa shape index (κ3) is 6.89. The number of aliphatic carboxylic acids is 1. The summed E-state index contributed by atoms with van der Waals surface area (Å²) in [5.41, 5.74) is 2.28. The molecule has 0 radical (unpaired) electrons. The van der Waals surface area contributed by atoms with Crippen LogP contribution in [0.4, 0.5) is 4.79 Å². The molecule has 2 aromatic carbocycles. The van der Waals surface area contributed by atoms with E-state index < -0.39 is 17.6 Å². The van der Waals surface area contributed by atoms with Crippen LogP contribution in [-0.2, 0) is 27.2 Å². The number of hydrogen-bond donors (Lipinski definition) is 3. The number of hydrogen-bond acceptors (Lipinski definition) is 4. The van der Waals surface area contributed by atoms with Crippen molar-refractivity contribution >= 4 is 28.9 Å². The van der Waals surface area contributed by atoms with Crippen LogP contribution in [0, 0.1) is 23.7 Å². The van der Waals surface area contributed by atoms with Crippen molar-refractivity contribution in [3.05, 3.63) is 71.9 Å². The molecule has 3 aromatic rings. The average molecular weight is 586 g/mol. The molecule has 2 amide bonds. The van der Waals surface area contributed by atoms with Gasteiger partial charge in [0.2, 0.25) is 5.91 Å². The van der Waals surface area contributed by atoms with Gasteiger partial charge < -0.3 is 25.0 Å². The molecule has 43 heavy (non-hydrogen) atoms. The fraction of sp³-hybridized carbons (Fsp3) is 0.514. The highest BCUT2D eigenvalue weighted by Gasteiger charge is 2.50. The number of aromatic amines is 1. The Kier molecular flexibility index (Phi) is 8.46. The first kappa shape index (κ1) is 29.3. The highest BCUT2D eigenvalue weighted by atomic mass is 16.6. The number of nitrogens with one attached hydrogen (secondary N) is 2. The first-order valence-corrected chi connectivity index (χ1v) is 15.8. The zero-order chi connectivity index (χ0) is 30.0. The molecule has 4 bridgehead atoms. The van der Waals surface area contributed by atoms with E-state index in [4.69, 9.17) is 4.74 Å². The van der Waals surface area contributed by atoms with Crippen LogP contribution in [-0.4, -0.2) is 57.7 Å². The van der Waals surface area contributed by atoms with Crippen LogP contribution in [0.25, 0.3) is 10.9 Å². The van der Waals surface area contributed by atoms with Crippen LogP contribution in [0.2, 0.25) is 0 Å². The van der Waals surface area contributed by atoms with Gasteiger partial charge in [-0.25, -0.2) is 4.79 Å². The molecule has 0 saturated heterocycles. The number of carbonyl (C=O) groups excluding carboxylic acids is 2. The minimum Gasteiger partial charge on any atom is -0.481 e. The van der Waals surface area contributed by atoms with Crippen molar-refractivity contribution in [2.24, 2.45) is 23.7 Å². The number of aromatic nitrogens is 1. The van der Waals surface area contributed by atoms with Crippen LogP contribution in [0.1, 0.15) is 63.0 Å². The Labute approximate surface area is 253 Å². The van der Waals surface area contributed by atoms with Gasteiger partial charge in [-0.1, -0.05) is 48.5 Å². The van der Waals surface area contributed by atoms with Crippen molar-refractivity contribution in [2.75, 3.05) is 13.1 Å². The van der Waals surface area contributed by atoms with E-state index in [-0.39, 0.29) is 31.4 Å². The molecule has 1 atom stereocenters. The van der Waals surface area contributed by atoms with E-state index in [2.05, 4.69) is 16.4 Å². The Balaban J connectivity index is 1.23. The van der Waals surface area contributed by atoms with Crippen LogP contribution >= 0.6 is 0 Å². The van der Waals surface area contributed by atoms with Gasteiger partial charge in [-0.3, -0.25) is 9.59 Å². The molecule has 3 N–H and O–H groups in total. The molecule has 1 aromatic heterocycles. The second kappa shape index (κ2) is 12.4. The predicted molar refractivity (Wildman–Crippen MR) is 164 cm³/mol. The Bertz CT molecular complexity index is 1420. The summed E-state index contributed by atoms with van der Waals surface area (Å²) in [7, 11) is 0. The number of carboxylic acids is 1. The Hall–Kier alpha value is -3.81. The number of carbonyl (C=O) groups is 3. The fourth-order valence-corrected chi connectivity index (χ4v) is 8.30. The number of ether oxygens (including phenoxy) is 1. The van der Waals surface area contributed by atoms with Gasteiger partial charge in [0.15, 0.2) is 0 Å². The van der Waals surface area contributed by atoms with E-state index in [9.17, 15) is 19.5 Å². The highest BCUT2D eigenvalue weighted by molar-refractivity contribution is 5.83. The smallest absolute Gasteiger partial charge is 0.407 e. The maximum absolute atomic E-state index is 13.7. The second-order valence-corrected chi connectivity index (χ2v) is 13.5. The Morgan fingerprint density at radius 1 is 0.953 bits per heavy atom. The largest absolute Gasteiger partial charge is 0.481 e. The summed E-state index contributed by atoms with van der Waals surface area (Å²) < 4.78 is 6.24. The van der Waals surface area contributed by atoms with E-state index in [0.29, 0.717) is 31.2 Å². The summed E-state index contributed by atoms with van der Waals surface area (Å²) in [6, 6.07) is 18.0. The third-order valence-corrected chi connectivity index (χ3v) is 10.0. The zero-order valence-corrected chi connectivity index (χ0v) is 25.0. The van der Waals surface area contributed by atoms with Crippen LogP contribution in [0.15, 0.2) is 60.8 Å². The lowest BCUT2D eigenvalue weighted by Crippen LogP contribution is -2.58. The number of alkyl carbamates (subject to hydrolysis) is 1. The monoisotopic (exact) mass is 585 g/mol. The summed E-state index contributed by atoms with van der Waals surface area (Å²) >= 11 is 0. The van der Waals surface area contributed by atoms with Gasteiger partial charge in [0.1, 0.15) is 6.10 Å². The van der Waals surface area contributed by atoms with Crippen molar-refractivity contribution < 1.29 is 24.2 Å². The van der Waals surface area contributed by atoms with Gasteiger partial charge in [-0.2, -0.15) is 0 Å². The molecular weight excluding hydrogens is 542 g/mol. The number of amides is 2. The number of carboxylic acid groups (broad SMARTS) is 1. The number of rotatable bonds is 12. The standard InChI is InChI=1S/C35H43N3O5/c1-35(20-28-21-36-30-10-6-5-9-29(28)30,37-34(42)43-33-26-16-24-15-25(18-26)19-27(33)17-24)22-38(31(39)11-12-32(40)41)14-13-23-7-3-2-4-8-23/h2-10,21,24-27,33,36H,11-20,22H2,1H3,(H,37,42)(H,40,41). The number of fused-ring (bicyclic) bond motifs is 1. The lowest BCUT2D eigenvalue weighted by atomic mass is 9.55. The normalized spacial score (nSPS) is 25.3. The van der Waals surface area contributed by atoms with Crippen molar-refractivity contribution in [1.82, 2.24) is 15.2 Å². The first-order chi connectivity index (χ1) is 20.7. The average Bonchev–Trinajstić information content (AvgIpc) is 3.38. The van der Waals surface area contributed by atoms with Crippen molar-refractivity contribution in [3.63, 3.8) is 0 Å². The predicted octanol–water partition coefficient (Wildman–Crippen LogP) is 5.96. The molecule has 0 spiro atoms. The minimum atomic E-state index is -1.00. The molecule has 1 unspecified atom stereocenters. The topological polar surface area (TPSA) is 112 Å². The van der Waals surface area contributed by atoms with Gasteiger partial charge in [0.05, 0.1) is 12.0 Å². The van der Waals surface area contributed by atoms with Gasteiger partial charge in [0, 0.05) is 36.6 Å². The molecule has 4 fully saturated rings. The van der Waals surface area contributed by atoms with Crippen LogP contribution in [0.3, 0.4) is 0 Å². The van der Waals surface area contributed by atoms with Gasteiger partial charge >= 0.3 is 12.1 Å². The lowest BCUT2D eigenvalue weighted by Gasteiger charge is -2.53. The van der Waals surface area contributed by atoms with Crippen molar-refractivity contribution in [2.45, 2.75) is 76.4 Å². The quantitative estimate of drug-likeness (QED) is 0.243. The van der Waals surface area contributed by atoms with E-state index in [1.165, 1.54) is 6.42 Å². The zero-order valence-electron chi connectivity index (χ0n) is 25.0. The fourth-order valence-electron chi connectivity index (χ4n) is 8.30. The molecule has 4 saturated carbocycles.